The van der Waals surface area contributed by atoms with Crippen LogP contribution in [0, 0.1) is 6.92 Å². The van der Waals surface area contributed by atoms with Gasteiger partial charge >= 0.3 is 0 Å². The van der Waals surface area contributed by atoms with E-state index >= 15 is 0 Å². The molecule has 100 valence electrons. The van der Waals surface area contributed by atoms with Crippen molar-refractivity contribution in [1.82, 2.24) is 4.98 Å². The van der Waals surface area contributed by atoms with Gasteiger partial charge in [-0.15, -0.1) is 0 Å². The summed E-state index contributed by atoms with van der Waals surface area (Å²) in [4.78, 5) is 4.34. The zero-order chi connectivity index (χ0) is 14.1. The molecule has 3 nitrogen and oxygen atoms in total. The second-order valence-corrected chi connectivity index (χ2v) is 5.00. The zero-order valence-electron chi connectivity index (χ0n) is 10.9. The van der Waals surface area contributed by atoms with Crippen LogP contribution in [-0.2, 0) is 0 Å². The zero-order valence-corrected chi connectivity index (χ0v) is 11.7. The molecular weight excluding hydrogens is 272 g/mol. The lowest BCUT2D eigenvalue weighted by Crippen LogP contribution is -1.93. The molecule has 20 heavy (non-hydrogen) atoms. The molecule has 3 aromatic rings. The maximum atomic E-state index is 6.19. The minimum atomic E-state index is 0.575. The molecule has 2 N–H and O–H groups in total. The molecule has 0 saturated heterocycles. The van der Waals surface area contributed by atoms with Gasteiger partial charge in [0.05, 0.1) is 5.02 Å². The van der Waals surface area contributed by atoms with Crippen LogP contribution in [-0.4, -0.2) is 4.98 Å². The Morgan fingerprint density at radius 2 is 1.90 bits per heavy atom. The Bertz CT molecular complexity index is 787. The minimum Gasteiger partial charge on any atom is -0.454 e. The Balaban J connectivity index is 2.09. The summed E-state index contributed by atoms with van der Waals surface area (Å²) in [5.74, 6) is 1.24. The number of fused-ring (bicyclic) bond motifs is 1. The van der Waals surface area contributed by atoms with Crippen molar-refractivity contribution in [1.29, 1.82) is 0 Å². The van der Waals surface area contributed by atoms with E-state index < -0.39 is 0 Å². The predicted octanol–water partition coefficient (Wildman–Crippen LogP) is 4.57. The average molecular weight is 285 g/mol. The van der Waals surface area contributed by atoms with Crippen LogP contribution in [0.1, 0.15) is 5.56 Å². The predicted molar refractivity (Wildman–Crippen MR) is 82.4 cm³/mol. The molecule has 0 aliphatic rings. The summed E-state index contributed by atoms with van der Waals surface area (Å²) in [6, 6.07) is 13.0. The Morgan fingerprint density at radius 1 is 1.10 bits per heavy atom. The monoisotopic (exact) mass is 284 g/mol. The molecule has 1 heterocycles. The summed E-state index contributed by atoms with van der Waals surface area (Å²) in [5.41, 5.74) is 8.43. The van der Waals surface area contributed by atoms with Crippen LogP contribution in [0.5, 0.6) is 11.5 Å². The number of aromatic nitrogens is 1. The van der Waals surface area contributed by atoms with Crippen LogP contribution >= 0.6 is 11.6 Å². The maximum absolute atomic E-state index is 6.19. The number of ether oxygens (including phenoxy) is 1. The fraction of sp³-hybridized carbons (Fsp3) is 0.0625. The molecule has 0 spiro atoms. The first-order chi connectivity index (χ1) is 9.65. The summed E-state index contributed by atoms with van der Waals surface area (Å²) < 4.78 is 5.88. The van der Waals surface area contributed by atoms with E-state index in [9.17, 15) is 0 Å². The Kier molecular flexibility index (Phi) is 3.20. The van der Waals surface area contributed by atoms with Crippen LogP contribution in [0.3, 0.4) is 0 Å². The SMILES string of the molecule is Cc1ccc(Oc2ccc(N)c3cccnc23)c(Cl)c1. The Labute approximate surface area is 122 Å². The molecular formula is C16H13ClN2O. The number of hydrogen-bond donors (Lipinski definition) is 1. The standard InChI is InChI=1S/C16H13ClN2O/c1-10-4-6-14(12(17)9-10)20-15-7-5-13(18)11-3-2-8-19-16(11)15/h2-9H,18H2,1H3. The van der Waals surface area contributed by atoms with Crippen molar-refractivity contribution >= 4 is 28.2 Å². The van der Waals surface area contributed by atoms with Gasteiger partial charge < -0.3 is 10.5 Å². The fourth-order valence-corrected chi connectivity index (χ4v) is 2.33. The lowest BCUT2D eigenvalue weighted by atomic mass is 10.1. The third-order valence-electron chi connectivity index (χ3n) is 3.07. The van der Waals surface area contributed by atoms with Gasteiger partial charge in [0.1, 0.15) is 11.3 Å². The highest BCUT2D eigenvalue weighted by Gasteiger charge is 2.09. The molecule has 0 bridgehead atoms. The highest BCUT2D eigenvalue weighted by Crippen LogP contribution is 2.34. The normalized spacial score (nSPS) is 10.7. The maximum Gasteiger partial charge on any atom is 0.153 e. The summed E-state index contributed by atoms with van der Waals surface area (Å²) in [6.45, 7) is 1.98. The van der Waals surface area contributed by atoms with Gasteiger partial charge in [0, 0.05) is 17.3 Å². The van der Waals surface area contributed by atoms with Crippen LogP contribution in [0.4, 0.5) is 5.69 Å². The second-order valence-electron chi connectivity index (χ2n) is 4.59. The van der Waals surface area contributed by atoms with Crippen molar-refractivity contribution in [2.45, 2.75) is 6.92 Å². The number of nitrogens with zero attached hydrogens (tertiary/aromatic N) is 1. The first kappa shape index (κ1) is 12.8. The summed E-state index contributed by atoms with van der Waals surface area (Å²) in [6.07, 6.45) is 1.71. The number of rotatable bonds is 2. The molecule has 0 amide bonds. The van der Waals surface area contributed by atoms with Crippen LogP contribution in [0.15, 0.2) is 48.7 Å². The molecule has 0 atom stereocenters. The van der Waals surface area contributed by atoms with Gasteiger partial charge in [-0.2, -0.15) is 0 Å². The van der Waals surface area contributed by atoms with Crippen molar-refractivity contribution < 1.29 is 4.74 Å². The Hall–Kier alpha value is -2.26. The third kappa shape index (κ3) is 2.28. The van der Waals surface area contributed by atoms with Crippen LogP contribution < -0.4 is 10.5 Å². The third-order valence-corrected chi connectivity index (χ3v) is 3.37. The van der Waals surface area contributed by atoms with Gasteiger partial charge in [0.25, 0.3) is 0 Å². The van der Waals surface area contributed by atoms with Gasteiger partial charge in [0.2, 0.25) is 0 Å². The summed E-state index contributed by atoms with van der Waals surface area (Å²) in [5, 5.41) is 1.44. The van der Waals surface area contributed by atoms with Crippen molar-refractivity contribution in [3.63, 3.8) is 0 Å². The molecule has 0 radical (unpaired) electrons. The smallest absolute Gasteiger partial charge is 0.153 e. The van der Waals surface area contributed by atoms with Crippen molar-refractivity contribution in [3.05, 3.63) is 59.2 Å². The van der Waals surface area contributed by atoms with Crippen molar-refractivity contribution in [3.8, 4) is 11.5 Å². The number of aryl methyl sites for hydroxylation is 1. The van der Waals surface area contributed by atoms with Crippen LogP contribution in [0.25, 0.3) is 10.9 Å². The number of pyridine rings is 1. The highest BCUT2D eigenvalue weighted by atomic mass is 35.5. The summed E-state index contributed by atoms with van der Waals surface area (Å²) >= 11 is 6.19. The first-order valence-corrected chi connectivity index (χ1v) is 6.60. The van der Waals surface area contributed by atoms with Gasteiger partial charge in [0.15, 0.2) is 5.75 Å². The number of nitrogen functional groups attached to an aromatic ring is 1. The van der Waals surface area contributed by atoms with Crippen molar-refractivity contribution in [2.75, 3.05) is 5.73 Å². The number of benzene rings is 2. The summed E-state index contributed by atoms with van der Waals surface area (Å²) in [7, 11) is 0. The first-order valence-electron chi connectivity index (χ1n) is 6.22. The average Bonchev–Trinajstić information content (AvgIpc) is 2.45. The molecule has 0 aliphatic carbocycles. The van der Waals surface area contributed by atoms with E-state index in [1.807, 2.05) is 37.3 Å². The van der Waals surface area contributed by atoms with E-state index in [0.29, 0.717) is 22.2 Å². The highest BCUT2D eigenvalue weighted by molar-refractivity contribution is 6.32. The molecule has 3 rings (SSSR count). The molecule has 4 heteroatoms. The van der Waals surface area contributed by atoms with Gasteiger partial charge in [-0.25, -0.2) is 0 Å². The Morgan fingerprint density at radius 3 is 2.70 bits per heavy atom. The van der Waals surface area contributed by atoms with Crippen molar-refractivity contribution in [2.24, 2.45) is 0 Å². The molecule has 1 aromatic heterocycles. The molecule has 2 aromatic carbocycles. The van der Waals surface area contributed by atoms with E-state index in [2.05, 4.69) is 4.98 Å². The topological polar surface area (TPSA) is 48.1 Å². The van der Waals surface area contributed by atoms with E-state index in [1.165, 1.54) is 0 Å². The van der Waals surface area contributed by atoms with Gasteiger partial charge in [-0.05, 0) is 48.9 Å². The number of halogens is 1. The quantitative estimate of drug-likeness (QED) is 0.701. The molecule has 0 aliphatic heterocycles. The number of nitrogens with two attached hydrogens (primary N) is 1. The minimum absolute atomic E-state index is 0.575. The van der Waals surface area contributed by atoms with E-state index in [0.717, 1.165) is 16.5 Å². The second kappa shape index (κ2) is 5.02. The fourth-order valence-electron chi connectivity index (χ4n) is 2.06. The molecule has 0 fully saturated rings. The molecule has 0 unspecified atom stereocenters. The lowest BCUT2D eigenvalue weighted by Gasteiger charge is -2.11. The number of hydrogen-bond acceptors (Lipinski definition) is 3. The van der Waals surface area contributed by atoms with Gasteiger partial charge in [-0.1, -0.05) is 17.7 Å². The van der Waals surface area contributed by atoms with E-state index in [-0.39, 0.29) is 0 Å². The lowest BCUT2D eigenvalue weighted by molar-refractivity contribution is 0.487. The van der Waals surface area contributed by atoms with Gasteiger partial charge in [-0.3, -0.25) is 4.98 Å². The van der Waals surface area contributed by atoms with Crippen LogP contribution in [0.2, 0.25) is 5.02 Å². The largest absolute Gasteiger partial charge is 0.454 e. The number of anilines is 1. The van der Waals surface area contributed by atoms with E-state index in [4.69, 9.17) is 22.1 Å². The van der Waals surface area contributed by atoms with E-state index in [1.54, 1.807) is 18.3 Å². The molecule has 0 saturated carbocycles.